The number of rotatable bonds is 15. The van der Waals surface area contributed by atoms with Gasteiger partial charge in [0.25, 0.3) is 11.8 Å². The van der Waals surface area contributed by atoms with Gasteiger partial charge in [-0.15, -0.1) is 0 Å². The van der Waals surface area contributed by atoms with Gasteiger partial charge in [-0.05, 0) is 78.9 Å². The molecule has 1 saturated heterocycles. The number of hydrogen-bond donors (Lipinski definition) is 3. The van der Waals surface area contributed by atoms with Crippen molar-refractivity contribution in [2.75, 3.05) is 38.2 Å². The van der Waals surface area contributed by atoms with Crippen molar-refractivity contribution in [1.29, 1.82) is 0 Å². The predicted molar refractivity (Wildman–Crippen MR) is 169 cm³/mol. The van der Waals surface area contributed by atoms with Crippen molar-refractivity contribution in [3.05, 3.63) is 90.0 Å². The first kappa shape index (κ1) is 33.3. The topological polar surface area (TPSA) is 156 Å². The van der Waals surface area contributed by atoms with Gasteiger partial charge in [0.15, 0.2) is 6.61 Å². The molecule has 3 aromatic carbocycles. The normalized spacial score (nSPS) is 14.8. The Balaban J connectivity index is 1.31. The van der Waals surface area contributed by atoms with Gasteiger partial charge < -0.3 is 20.1 Å². The molecule has 1 aliphatic rings. The van der Waals surface area contributed by atoms with E-state index in [4.69, 9.17) is 9.47 Å². The molecule has 3 amide bonds. The van der Waals surface area contributed by atoms with Crippen LogP contribution < -0.4 is 20.8 Å². The van der Waals surface area contributed by atoms with Crippen molar-refractivity contribution in [3.63, 3.8) is 0 Å². The second-order valence-electron chi connectivity index (χ2n) is 10.4. The number of benzene rings is 3. The Bertz CT molecular complexity index is 1560. The predicted octanol–water partition coefficient (Wildman–Crippen LogP) is 2.70. The Labute approximate surface area is 262 Å². The van der Waals surface area contributed by atoms with Gasteiger partial charge in [-0.3, -0.25) is 14.4 Å². The largest absolute Gasteiger partial charge is 0.484 e. The quantitative estimate of drug-likeness (QED) is 0.171. The molecule has 45 heavy (non-hydrogen) atoms. The van der Waals surface area contributed by atoms with Crippen molar-refractivity contribution in [2.24, 2.45) is 5.10 Å². The molecule has 0 unspecified atom stereocenters. The van der Waals surface area contributed by atoms with Crippen LogP contribution in [0, 0.1) is 0 Å². The maximum atomic E-state index is 13.5. The molecule has 13 heteroatoms. The van der Waals surface area contributed by atoms with Gasteiger partial charge in [0, 0.05) is 32.3 Å². The molecule has 0 spiro atoms. The first-order valence-electron chi connectivity index (χ1n) is 14.5. The zero-order chi connectivity index (χ0) is 32.1. The summed E-state index contributed by atoms with van der Waals surface area (Å²) in [5.74, 6) is -0.637. The SMILES string of the molecule is CC(=O)Nc1ccc(S(=O)(=O)N(CCc2ccccc2)CC(=O)N/N=C/c2ccc(OCC(=O)NC[C@H]3CCCO3)cc2)cc1. The lowest BCUT2D eigenvalue weighted by atomic mass is 10.1. The lowest BCUT2D eigenvalue weighted by Gasteiger charge is -2.21. The maximum absolute atomic E-state index is 13.5. The number of anilines is 1. The summed E-state index contributed by atoms with van der Waals surface area (Å²) in [5, 5.41) is 9.37. The van der Waals surface area contributed by atoms with Crippen molar-refractivity contribution < 1.29 is 32.3 Å². The second-order valence-corrected chi connectivity index (χ2v) is 12.3. The number of nitrogens with one attached hydrogen (secondary N) is 3. The fourth-order valence-corrected chi connectivity index (χ4v) is 5.90. The van der Waals surface area contributed by atoms with Crippen LogP contribution in [0.1, 0.15) is 30.9 Å². The third-order valence-corrected chi connectivity index (χ3v) is 8.69. The number of carbonyl (C=O) groups excluding carboxylic acids is 3. The molecule has 1 atom stereocenters. The van der Waals surface area contributed by atoms with E-state index in [1.54, 1.807) is 24.3 Å². The molecule has 0 aromatic heterocycles. The molecule has 4 rings (SSSR count). The first-order valence-corrected chi connectivity index (χ1v) is 16.0. The van der Waals surface area contributed by atoms with Gasteiger partial charge in [-0.1, -0.05) is 30.3 Å². The molecule has 12 nitrogen and oxygen atoms in total. The van der Waals surface area contributed by atoms with E-state index in [-0.39, 0.29) is 36.0 Å². The Kier molecular flexibility index (Phi) is 12.2. The minimum Gasteiger partial charge on any atom is -0.484 e. The van der Waals surface area contributed by atoms with Gasteiger partial charge in [0.2, 0.25) is 15.9 Å². The molecular weight excluding hydrogens is 598 g/mol. The number of hydrogen-bond acceptors (Lipinski definition) is 8. The van der Waals surface area contributed by atoms with Gasteiger partial charge in [-0.25, -0.2) is 13.8 Å². The van der Waals surface area contributed by atoms with Gasteiger partial charge in [0.05, 0.1) is 23.8 Å². The number of carbonyl (C=O) groups is 3. The Morgan fingerprint density at radius 2 is 1.73 bits per heavy atom. The van der Waals surface area contributed by atoms with Gasteiger partial charge >= 0.3 is 0 Å². The third-order valence-electron chi connectivity index (χ3n) is 6.83. The highest BCUT2D eigenvalue weighted by molar-refractivity contribution is 7.89. The van der Waals surface area contributed by atoms with Crippen LogP contribution in [-0.4, -0.2) is 75.6 Å². The van der Waals surface area contributed by atoms with Gasteiger partial charge in [0.1, 0.15) is 5.75 Å². The summed E-state index contributed by atoms with van der Waals surface area (Å²) in [5.41, 5.74) is 4.42. The lowest BCUT2D eigenvalue weighted by Crippen LogP contribution is -2.40. The monoisotopic (exact) mass is 635 g/mol. The van der Waals surface area contributed by atoms with Crippen LogP contribution in [-0.2, 0) is 35.6 Å². The van der Waals surface area contributed by atoms with Crippen LogP contribution in [0.15, 0.2) is 88.9 Å². The van der Waals surface area contributed by atoms with Crippen molar-refractivity contribution in [1.82, 2.24) is 15.0 Å². The smallest absolute Gasteiger partial charge is 0.258 e. The summed E-state index contributed by atoms with van der Waals surface area (Å²) in [7, 11) is -4.05. The molecule has 0 saturated carbocycles. The Morgan fingerprint density at radius 1 is 1.00 bits per heavy atom. The van der Waals surface area contributed by atoms with Crippen molar-refractivity contribution in [2.45, 2.75) is 37.2 Å². The summed E-state index contributed by atoms with van der Waals surface area (Å²) in [4.78, 5) is 36.1. The summed E-state index contributed by atoms with van der Waals surface area (Å²) in [6.45, 7) is 2.03. The molecular formula is C32H37N5O7S. The molecule has 0 radical (unpaired) electrons. The third kappa shape index (κ3) is 10.8. The molecule has 1 fully saturated rings. The van der Waals surface area contributed by atoms with E-state index < -0.39 is 22.5 Å². The van der Waals surface area contributed by atoms with E-state index in [9.17, 15) is 22.8 Å². The highest BCUT2D eigenvalue weighted by atomic mass is 32.2. The molecule has 238 valence electrons. The summed E-state index contributed by atoms with van der Waals surface area (Å²) >= 11 is 0. The number of sulfonamides is 1. The van der Waals surface area contributed by atoms with Crippen molar-refractivity contribution in [3.8, 4) is 5.75 Å². The van der Waals surface area contributed by atoms with E-state index in [0.717, 1.165) is 29.3 Å². The zero-order valence-corrected chi connectivity index (χ0v) is 25.8. The van der Waals surface area contributed by atoms with Crippen LogP contribution in [0.5, 0.6) is 5.75 Å². The average molecular weight is 636 g/mol. The number of hydrazone groups is 1. The van der Waals surface area contributed by atoms with E-state index in [1.807, 2.05) is 30.3 Å². The fraction of sp³-hybridized carbons (Fsp3) is 0.312. The zero-order valence-electron chi connectivity index (χ0n) is 25.0. The number of ether oxygens (including phenoxy) is 2. The highest BCUT2D eigenvalue weighted by Gasteiger charge is 2.26. The molecule has 0 bridgehead atoms. The minimum absolute atomic E-state index is 0.0106. The van der Waals surface area contributed by atoms with Crippen LogP contribution in [0.3, 0.4) is 0 Å². The lowest BCUT2D eigenvalue weighted by molar-refractivity contribution is -0.123. The Hall–Kier alpha value is -4.59. The summed E-state index contributed by atoms with van der Waals surface area (Å²) in [6.07, 6.45) is 3.81. The van der Waals surface area contributed by atoms with E-state index in [2.05, 4.69) is 21.2 Å². The molecule has 0 aliphatic carbocycles. The van der Waals surface area contributed by atoms with Crippen LogP contribution in [0.25, 0.3) is 0 Å². The van der Waals surface area contributed by atoms with E-state index in [0.29, 0.717) is 30.0 Å². The minimum atomic E-state index is -4.05. The molecule has 1 aliphatic heterocycles. The second kappa shape index (κ2) is 16.5. The number of amides is 3. The molecule has 3 aromatic rings. The van der Waals surface area contributed by atoms with Crippen molar-refractivity contribution >= 4 is 39.6 Å². The van der Waals surface area contributed by atoms with Crippen LogP contribution >= 0.6 is 0 Å². The molecule has 1 heterocycles. The fourth-order valence-electron chi connectivity index (χ4n) is 4.50. The highest BCUT2D eigenvalue weighted by Crippen LogP contribution is 2.19. The maximum Gasteiger partial charge on any atom is 0.258 e. The van der Waals surface area contributed by atoms with E-state index >= 15 is 0 Å². The van der Waals surface area contributed by atoms with Crippen LogP contribution in [0.2, 0.25) is 0 Å². The number of nitrogens with zero attached hydrogens (tertiary/aromatic N) is 2. The summed E-state index contributed by atoms with van der Waals surface area (Å²) < 4.78 is 39.1. The van der Waals surface area contributed by atoms with Gasteiger partial charge in [-0.2, -0.15) is 9.41 Å². The Morgan fingerprint density at radius 3 is 2.40 bits per heavy atom. The molecule has 3 N–H and O–H groups in total. The first-order chi connectivity index (χ1) is 21.7. The summed E-state index contributed by atoms with van der Waals surface area (Å²) in [6, 6.07) is 21.9. The average Bonchev–Trinajstić information content (AvgIpc) is 3.56. The van der Waals surface area contributed by atoms with E-state index in [1.165, 1.54) is 37.4 Å². The standard InChI is InChI=1S/C32H37N5O7S/c1-24(38)35-27-11-15-30(16-12-27)45(41,42)37(18-17-25-6-3-2-4-7-25)22-31(39)36-34-20-26-9-13-28(14-10-26)44-23-32(40)33-21-29-8-5-19-43-29/h2-4,6-7,9-16,20,29H,5,8,17-19,21-23H2,1H3,(H,33,40)(H,35,38)(H,36,39)/b34-20+/t29-/m1/s1. The van der Waals surface area contributed by atoms with Crippen LogP contribution in [0.4, 0.5) is 5.69 Å².